The van der Waals surface area contributed by atoms with Crippen molar-refractivity contribution in [3.8, 4) is 0 Å². The van der Waals surface area contributed by atoms with Crippen LogP contribution in [-0.4, -0.2) is 16.5 Å². The zero-order valence-corrected chi connectivity index (χ0v) is 13.7. The summed E-state index contributed by atoms with van der Waals surface area (Å²) in [5.74, 6) is 1.26. The van der Waals surface area contributed by atoms with Gasteiger partial charge in [0.15, 0.2) is 0 Å². The molecular weight excluding hydrogens is 315 g/mol. The molecule has 0 fully saturated rings. The molecular formula is C13H16Cl2N4S. The van der Waals surface area contributed by atoms with Gasteiger partial charge in [-0.1, -0.05) is 30.1 Å². The molecule has 0 saturated heterocycles. The molecule has 2 heterocycles. The molecule has 20 heavy (non-hydrogen) atoms. The lowest BCUT2D eigenvalue weighted by atomic mass is 10.4. The van der Waals surface area contributed by atoms with Crippen molar-refractivity contribution < 1.29 is 0 Å². The summed E-state index contributed by atoms with van der Waals surface area (Å²) in [7, 11) is 0. The predicted octanol–water partition coefficient (Wildman–Crippen LogP) is 4.59. The van der Waals surface area contributed by atoms with E-state index in [1.807, 2.05) is 12.3 Å². The minimum Gasteiger partial charge on any atom is -0.369 e. The van der Waals surface area contributed by atoms with Gasteiger partial charge in [-0.25, -0.2) is 9.97 Å². The van der Waals surface area contributed by atoms with E-state index in [9.17, 15) is 0 Å². The van der Waals surface area contributed by atoms with Gasteiger partial charge in [-0.05, 0) is 19.4 Å². The number of thiazole rings is 1. The van der Waals surface area contributed by atoms with Crippen LogP contribution in [0.2, 0.25) is 10.0 Å². The van der Waals surface area contributed by atoms with Crippen LogP contribution in [0, 0.1) is 6.92 Å². The van der Waals surface area contributed by atoms with E-state index in [4.69, 9.17) is 23.2 Å². The number of nitrogens with one attached hydrogen (secondary N) is 2. The van der Waals surface area contributed by atoms with E-state index in [1.54, 1.807) is 17.4 Å². The van der Waals surface area contributed by atoms with Gasteiger partial charge < -0.3 is 10.6 Å². The molecule has 2 aromatic heterocycles. The molecule has 2 aromatic rings. The minimum absolute atomic E-state index is 0.504. The largest absolute Gasteiger partial charge is 0.369 e. The van der Waals surface area contributed by atoms with Gasteiger partial charge in [-0.3, -0.25) is 0 Å². The van der Waals surface area contributed by atoms with Crippen LogP contribution in [0.3, 0.4) is 0 Å². The Morgan fingerprint density at radius 1 is 1.15 bits per heavy atom. The molecule has 0 aliphatic rings. The number of hydrogen-bond acceptors (Lipinski definition) is 5. The van der Waals surface area contributed by atoms with Crippen LogP contribution in [0.15, 0.2) is 11.4 Å². The summed E-state index contributed by atoms with van der Waals surface area (Å²) in [5, 5.41) is 10.5. The summed E-state index contributed by atoms with van der Waals surface area (Å²) >= 11 is 13.9. The fourth-order valence-electron chi connectivity index (χ4n) is 1.62. The minimum atomic E-state index is 0.504. The van der Waals surface area contributed by atoms with Crippen molar-refractivity contribution in [3.05, 3.63) is 32.2 Å². The lowest BCUT2D eigenvalue weighted by Crippen LogP contribution is -2.07. The third kappa shape index (κ3) is 3.98. The third-order valence-corrected chi connectivity index (χ3v) is 3.97. The van der Waals surface area contributed by atoms with Gasteiger partial charge in [0.05, 0.1) is 27.3 Å². The van der Waals surface area contributed by atoms with Gasteiger partial charge in [0.25, 0.3) is 0 Å². The number of pyridine rings is 1. The van der Waals surface area contributed by atoms with Gasteiger partial charge in [0.1, 0.15) is 11.6 Å². The maximum absolute atomic E-state index is 6.15. The van der Waals surface area contributed by atoms with Crippen LogP contribution in [-0.2, 0) is 6.54 Å². The first kappa shape index (κ1) is 15.4. The van der Waals surface area contributed by atoms with Gasteiger partial charge in [-0.2, -0.15) is 0 Å². The second kappa shape index (κ2) is 7.11. The topological polar surface area (TPSA) is 49.8 Å². The van der Waals surface area contributed by atoms with Crippen LogP contribution in [0.4, 0.5) is 11.6 Å². The first-order valence-corrected chi connectivity index (χ1v) is 7.98. The molecule has 0 saturated carbocycles. The Balaban J connectivity index is 2.09. The van der Waals surface area contributed by atoms with Crippen molar-refractivity contribution in [2.75, 3.05) is 17.2 Å². The molecule has 0 aromatic carbocycles. The fraction of sp³-hybridized carbons (Fsp3) is 0.385. The first-order valence-electron chi connectivity index (χ1n) is 6.35. The highest BCUT2D eigenvalue weighted by Gasteiger charge is 2.09. The highest BCUT2D eigenvalue weighted by Crippen LogP contribution is 2.29. The zero-order chi connectivity index (χ0) is 14.5. The Bertz CT molecular complexity index is 586. The number of hydrogen-bond donors (Lipinski definition) is 2. The first-order chi connectivity index (χ1) is 9.60. The Morgan fingerprint density at radius 2 is 1.85 bits per heavy atom. The number of halogens is 2. The molecule has 0 spiro atoms. The lowest BCUT2D eigenvalue weighted by Gasteiger charge is -2.11. The predicted molar refractivity (Wildman–Crippen MR) is 87.2 cm³/mol. The molecule has 0 bridgehead atoms. The van der Waals surface area contributed by atoms with E-state index in [0.717, 1.165) is 23.7 Å². The number of aromatic nitrogens is 2. The highest BCUT2D eigenvalue weighted by molar-refractivity contribution is 7.09. The molecule has 0 unspecified atom stereocenters. The summed E-state index contributed by atoms with van der Waals surface area (Å²) in [6.07, 6.45) is 1.00. The standard InChI is InChI=1S/C13H16Cl2N4S/c1-3-4-16-12-10(14)5-11(15)13(19-12)17-6-9-7-20-8(2)18-9/h5,7H,3-4,6H2,1-2H3,(H2,16,17,19). The molecule has 2 rings (SSSR count). The summed E-state index contributed by atoms with van der Waals surface area (Å²) in [6, 6.07) is 1.70. The molecule has 0 aliphatic heterocycles. The van der Waals surface area contributed by atoms with Crippen molar-refractivity contribution >= 4 is 46.2 Å². The van der Waals surface area contributed by atoms with E-state index < -0.39 is 0 Å². The van der Waals surface area contributed by atoms with Crippen LogP contribution in [0.1, 0.15) is 24.0 Å². The van der Waals surface area contributed by atoms with Crippen LogP contribution in [0.5, 0.6) is 0 Å². The molecule has 2 N–H and O–H groups in total. The third-order valence-electron chi connectivity index (χ3n) is 2.58. The summed E-state index contributed by atoms with van der Waals surface area (Å²) in [6.45, 7) is 5.47. The van der Waals surface area contributed by atoms with E-state index in [1.165, 1.54) is 0 Å². The second-order valence-corrected chi connectivity index (χ2v) is 6.16. The number of anilines is 2. The van der Waals surface area contributed by atoms with Crippen molar-refractivity contribution in [1.29, 1.82) is 0 Å². The average Bonchev–Trinajstić information content (AvgIpc) is 2.82. The average molecular weight is 331 g/mol. The SMILES string of the molecule is CCCNc1nc(NCc2csc(C)n2)c(Cl)cc1Cl. The van der Waals surface area contributed by atoms with Crippen molar-refractivity contribution in [3.63, 3.8) is 0 Å². The second-order valence-electron chi connectivity index (χ2n) is 4.29. The summed E-state index contributed by atoms with van der Waals surface area (Å²) in [5.41, 5.74) is 0.975. The van der Waals surface area contributed by atoms with Gasteiger partial charge >= 0.3 is 0 Å². The maximum atomic E-state index is 6.15. The Labute approximate surface area is 132 Å². The molecule has 0 aliphatic carbocycles. The normalized spacial score (nSPS) is 10.6. The number of aryl methyl sites for hydroxylation is 1. The lowest BCUT2D eigenvalue weighted by molar-refractivity contribution is 0.967. The van der Waals surface area contributed by atoms with Gasteiger partial charge in [0, 0.05) is 11.9 Å². The Morgan fingerprint density at radius 3 is 2.45 bits per heavy atom. The molecule has 4 nitrogen and oxygen atoms in total. The molecule has 0 radical (unpaired) electrons. The molecule has 108 valence electrons. The van der Waals surface area contributed by atoms with Gasteiger partial charge in [0.2, 0.25) is 0 Å². The van der Waals surface area contributed by atoms with Crippen molar-refractivity contribution in [2.24, 2.45) is 0 Å². The van der Waals surface area contributed by atoms with Crippen LogP contribution < -0.4 is 10.6 Å². The molecule has 7 heteroatoms. The van der Waals surface area contributed by atoms with Gasteiger partial charge in [-0.15, -0.1) is 11.3 Å². The highest BCUT2D eigenvalue weighted by atomic mass is 35.5. The smallest absolute Gasteiger partial charge is 0.147 e. The molecule has 0 atom stereocenters. The van der Waals surface area contributed by atoms with Crippen molar-refractivity contribution in [2.45, 2.75) is 26.8 Å². The van der Waals surface area contributed by atoms with E-state index in [2.05, 4.69) is 27.5 Å². The monoisotopic (exact) mass is 330 g/mol. The van der Waals surface area contributed by atoms with E-state index >= 15 is 0 Å². The molecule has 0 amide bonds. The van der Waals surface area contributed by atoms with E-state index in [0.29, 0.717) is 28.2 Å². The Kier molecular flexibility index (Phi) is 5.46. The Hall–Kier alpha value is -1.04. The zero-order valence-electron chi connectivity index (χ0n) is 11.3. The summed E-state index contributed by atoms with van der Waals surface area (Å²) < 4.78 is 0. The van der Waals surface area contributed by atoms with Crippen molar-refractivity contribution in [1.82, 2.24) is 9.97 Å². The van der Waals surface area contributed by atoms with E-state index in [-0.39, 0.29) is 0 Å². The maximum Gasteiger partial charge on any atom is 0.147 e. The number of nitrogens with zero attached hydrogens (tertiary/aromatic N) is 2. The quantitative estimate of drug-likeness (QED) is 0.813. The van der Waals surface area contributed by atoms with Crippen LogP contribution >= 0.6 is 34.5 Å². The fourth-order valence-corrected chi connectivity index (χ4v) is 2.73. The summed E-state index contributed by atoms with van der Waals surface area (Å²) in [4.78, 5) is 8.81. The number of rotatable bonds is 6. The van der Waals surface area contributed by atoms with Crippen LogP contribution in [0.25, 0.3) is 0 Å².